The zero-order valence-corrected chi connectivity index (χ0v) is 19.3. The van der Waals surface area contributed by atoms with E-state index in [1.807, 2.05) is 79.2 Å². The van der Waals surface area contributed by atoms with Gasteiger partial charge in [0.15, 0.2) is 0 Å². The van der Waals surface area contributed by atoms with Crippen LogP contribution < -0.4 is 10.1 Å². The van der Waals surface area contributed by atoms with Gasteiger partial charge in [-0.15, -0.1) is 0 Å². The SMILES string of the molecule is COc1ccc(-c2cn(-c3ccccc3)c(NC(=O)CN(CC(C)C)C(=O)C3CC3)n2)cc1. The molecule has 0 saturated heterocycles. The van der Waals surface area contributed by atoms with Crippen molar-refractivity contribution in [2.24, 2.45) is 11.8 Å². The van der Waals surface area contributed by atoms with Gasteiger partial charge in [0.1, 0.15) is 5.75 Å². The molecule has 2 amide bonds. The van der Waals surface area contributed by atoms with Crippen molar-refractivity contribution in [2.45, 2.75) is 26.7 Å². The van der Waals surface area contributed by atoms with Crippen LogP contribution in [0.3, 0.4) is 0 Å². The molecule has 1 heterocycles. The summed E-state index contributed by atoms with van der Waals surface area (Å²) in [7, 11) is 1.63. The van der Waals surface area contributed by atoms with Gasteiger partial charge < -0.3 is 9.64 Å². The molecular weight excluding hydrogens is 416 g/mol. The van der Waals surface area contributed by atoms with Crippen LogP contribution >= 0.6 is 0 Å². The molecule has 0 unspecified atom stereocenters. The van der Waals surface area contributed by atoms with Gasteiger partial charge >= 0.3 is 0 Å². The third-order valence-electron chi connectivity index (χ3n) is 5.54. The van der Waals surface area contributed by atoms with Crippen molar-refractivity contribution < 1.29 is 14.3 Å². The van der Waals surface area contributed by atoms with Crippen molar-refractivity contribution in [1.29, 1.82) is 0 Å². The molecule has 172 valence electrons. The highest BCUT2D eigenvalue weighted by Crippen LogP contribution is 2.31. The molecule has 1 aliphatic carbocycles. The quantitative estimate of drug-likeness (QED) is 0.529. The van der Waals surface area contributed by atoms with E-state index < -0.39 is 0 Å². The van der Waals surface area contributed by atoms with Crippen LogP contribution in [0.15, 0.2) is 60.8 Å². The van der Waals surface area contributed by atoms with Crippen LogP contribution in [0.1, 0.15) is 26.7 Å². The summed E-state index contributed by atoms with van der Waals surface area (Å²) in [4.78, 5) is 32.0. The van der Waals surface area contributed by atoms with Gasteiger partial charge in [0, 0.05) is 29.9 Å². The van der Waals surface area contributed by atoms with Crippen LogP contribution in [0.2, 0.25) is 0 Å². The number of nitrogens with one attached hydrogen (secondary N) is 1. The molecule has 1 saturated carbocycles. The molecule has 7 heteroatoms. The zero-order valence-electron chi connectivity index (χ0n) is 19.3. The van der Waals surface area contributed by atoms with E-state index in [1.165, 1.54) is 0 Å². The summed E-state index contributed by atoms with van der Waals surface area (Å²) in [6.07, 6.45) is 3.73. The Kier molecular flexibility index (Phi) is 6.77. The average molecular weight is 447 g/mol. The monoisotopic (exact) mass is 446 g/mol. The number of nitrogens with zero attached hydrogens (tertiary/aromatic N) is 3. The first kappa shape index (κ1) is 22.6. The molecule has 33 heavy (non-hydrogen) atoms. The number of para-hydroxylation sites is 1. The van der Waals surface area contributed by atoms with E-state index >= 15 is 0 Å². The largest absolute Gasteiger partial charge is 0.497 e. The molecule has 1 aliphatic rings. The van der Waals surface area contributed by atoms with E-state index in [-0.39, 0.29) is 30.2 Å². The standard InChI is InChI=1S/C26H30N4O3/c1-18(2)15-29(25(32)20-9-10-20)17-24(31)28-26-27-23(19-11-13-22(33-3)14-12-19)16-30(26)21-7-5-4-6-8-21/h4-8,11-14,16,18,20H,9-10,15,17H2,1-3H3,(H,27,28,31). The summed E-state index contributed by atoms with van der Waals surface area (Å²) in [6.45, 7) is 4.68. The normalized spacial score (nSPS) is 13.1. The molecule has 0 spiro atoms. The van der Waals surface area contributed by atoms with Gasteiger partial charge in [-0.3, -0.25) is 19.5 Å². The fourth-order valence-corrected chi connectivity index (χ4v) is 3.75. The van der Waals surface area contributed by atoms with Crippen molar-refractivity contribution in [3.8, 4) is 22.7 Å². The lowest BCUT2D eigenvalue weighted by Crippen LogP contribution is -2.41. The number of carbonyl (C=O) groups excluding carboxylic acids is 2. The second-order valence-corrected chi connectivity index (χ2v) is 8.82. The summed E-state index contributed by atoms with van der Waals surface area (Å²) in [6, 6.07) is 17.3. The Bertz CT molecular complexity index is 1100. The van der Waals surface area contributed by atoms with Gasteiger partial charge in [-0.25, -0.2) is 4.98 Å². The number of methoxy groups -OCH3 is 1. The van der Waals surface area contributed by atoms with Gasteiger partial charge in [0.2, 0.25) is 17.8 Å². The molecule has 1 N–H and O–H groups in total. The number of benzene rings is 2. The number of aromatic nitrogens is 2. The lowest BCUT2D eigenvalue weighted by atomic mass is 10.1. The molecule has 2 aromatic carbocycles. The van der Waals surface area contributed by atoms with Crippen molar-refractivity contribution in [2.75, 3.05) is 25.5 Å². The molecule has 7 nitrogen and oxygen atoms in total. The highest BCUT2D eigenvalue weighted by atomic mass is 16.5. The minimum Gasteiger partial charge on any atom is -0.497 e. The molecule has 1 fully saturated rings. The minimum atomic E-state index is -0.256. The van der Waals surface area contributed by atoms with E-state index in [1.54, 1.807) is 12.0 Å². The number of carbonyl (C=O) groups is 2. The number of imidazole rings is 1. The van der Waals surface area contributed by atoms with Gasteiger partial charge in [-0.05, 0) is 55.2 Å². The zero-order chi connectivity index (χ0) is 23.4. The minimum absolute atomic E-state index is 0.0209. The predicted octanol–water partition coefficient (Wildman–Crippen LogP) is 4.38. The van der Waals surface area contributed by atoms with E-state index in [9.17, 15) is 9.59 Å². The lowest BCUT2D eigenvalue weighted by Gasteiger charge is -2.24. The Hall–Kier alpha value is -3.61. The second kappa shape index (κ2) is 9.90. The van der Waals surface area contributed by atoms with Crippen LogP contribution in [-0.4, -0.2) is 46.5 Å². The van der Waals surface area contributed by atoms with Crippen molar-refractivity contribution in [1.82, 2.24) is 14.5 Å². The van der Waals surface area contributed by atoms with Crippen molar-refractivity contribution in [3.63, 3.8) is 0 Å². The number of rotatable bonds is 9. The van der Waals surface area contributed by atoms with Crippen molar-refractivity contribution in [3.05, 3.63) is 60.8 Å². The molecule has 3 aromatic rings. The fraction of sp³-hybridized carbons (Fsp3) is 0.346. The topological polar surface area (TPSA) is 76.5 Å². The maximum atomic E-state index is 13.0. The third kappa shape index (κ3) is 5.61. The van der Waals surface area contributed by atoms with Crippen LogP contribution in [0.4, 0.5) is 5.95 Å². The van der Waals surface area contributed by atoms with E-state index in [0.717, 1.165) is 35.5 Å². The Balaban J connectivity index is 1.59. The number of ether oxygens (including phenoxy) is 1. The van der Waals surface area contributed by atoms with E-state index in [2.05, 4.69) is 5.32 Å². The summed E-state index contributed by atoms with van der Waals surface area (Å²) in [5.41, 5.74) is 2.52. The van der Waals surface area contributed by atoms with Gasteiger partial charge in [-0.2, -0.15) is 0 Å². The number of hydrogen-bond acceptors (Lipinski definition) is 4. The molecule has 1 aromatic heterocycles. The molecule has 4 rings (SSSR count). The van der Waals surface area contributed by atoms with Gasteiger partial charge in [0.05, 0.1) is 19.3 Å². The smallest absolute Gasteiger partial charge is 0.246 e. The Morgan fingerprint density at radius 1 is 1.12 bits per heavy atom. The number of anilines is 1. The van der Waals surface area contributed by atoms with Gasteiger partial charge in [0.25, 0.3) is 0 Å². The molecule has 0 aliphatic heterocycles. The fourth-order valence-electron chi connectivity index (χ4n) is 3.75. The summed E-state index contributed by atoms with van der Waals surface area (Å²) < 4.78 is 7.10. The maximum Gasteiger partial charge on any atom is 0.246 e. The van der Waals surface area contributed by atoms with Gasteiger partial charge in [-0.1, -0.05) is 32.0 Å². The molecule has 0 atom stereocenters. The van der Waals surface area contributed by atoms with E-state index in [4.69, 9.17) is 9.72 Å². The Morgan fingerprint density at radius 2 is 1.82 bits per heavy atom. The first-order chi connectivity index (χ1) is 15.9. The molecule has 0 bridgehead atoms. The number of hydrogen-bond donors (Lipinski definition) is 1. The molecular formula is C26H30N4O3. The summed E-state index contributed by atoms with van der Waals surface area (Å²) >= 11 is 0. The van der Waals surface area contributed by atoms with Crippen LogP contribution in [0.25, 0.3) is 16.9 Å². The Morgan fingerprint density at radius 3 is 2.42 bits per heavy atom. The van der Waals surface area contributed by atoms with E-state index in [0.29, 0.717) is 12.5 Å². The van der Waals surface area contributed by atoms with Crippen LogP contribution in [0.5, 0.6) is 5.75 Å². The highest BCUT2D eigenvalue weighted by Gasteiger charge is 2.34. The average Bonchev–Trinajstić information content (AvgIpc) is 3.59. The summed E-state index contributed by atoms with van der Waals surface area (Å²) in [5, 5.41) is 2.93. The lowest BCUT2D eigenvalue weighted by molar-refractivity contribution is -0.136. The first-order valence-electron chi connectivity index (χ1n) is 11.3. The van der Waals surface area contributed by atoms with Crippen molar-refractivity contribution >= 4 is 17.8 Å². The van der Waals surface area contributed by atoms with Crippen LogP contribution in [0, 0.1) is 11.8 Å². The highest BCUT2D eigenvalue weighted by molar-refractivity contribution is 5.94. The third-order valence-corrected chi connectivity index (χ3v) is 5.54. The Labute approximate surface area is 194 Å². The summed E-state index contributed by atoms with van der Waals surface area (Å²) in [5.74, 6) is 1.36. The predicted molar refractivity (Wildman–Crippen MR) is 128 cm³/mol. The maximum absolute atomic E-state index is 13.0. The molecule has 0 radical (unpaired) electrons. The van der Waals surface area contributed by atoms with Crippen LogP contribution in [-0.2, 0) is 9.59 Å². The second-order valence-electron chi connectivity index (χ2n) is 8.82. The number of amides is 2. The first-order valence-corrected chi connectivity index (χ1v) is 11.3.